The lowest BCUT2D eigenvalue weighted by atomic mass is 9.71. The molecule has 1 saturated carbocycles. The van der Waals surface area contributed by atoms with E-state index in [-0.39, 0.29) is 5.60 Å². The Morgan fingerprint density at radius 2 is 2.00 bits per heavy atom. The van der Waals surface area contributed by atoms with Crippen LogP contribution in [-0.2, 0) is 4.74 Å². The van der Waals surface area contributed by atoms with E-state index in [0.29, 0.717) is 19.4 Å². The van der Waals surface area contributed by atoms with Crippen molar-refractivity contribution in [2.24, 2.45) is 5.92 Å². The number of ether oxygens (including phenoxy) is 1. The van der Waals surface area contributed by atoms with Crippen molar-refractivity contribution in [3.05, 3.63) is 0 Å². The predicted octanol–water partition coefficient (Wildman–Crippen LogP) is 2.26. The van der Waals surface area contributed by atoms with Gasteiger partial charge in [0.15, 0.2) is 6.10 Å². The molecule has 1 spiro atoms. The molecule has 1 saturated heterocycles. The lowest BCUT2D eigenvalue weighted by molar-refractivity contribution is -0.241. The van der Waals surface area contributed by atoms with Crippen LogP contribution >= 0.6 is 0 Å². The highest BCUT2D eigenvalue weighted by Gasteiger charge is 2.50. The fourth-order valence-electron chi connectivity index (χ4n) is 2.52. The number of rotatable bonds is 1. The van der Waals surface area contributed by atoms with Crippen molar-refractivity contribution in [2.45, 2.75) is 50.0 Å². The highest BCUT2D eigenvalue weighted by atomic mass is 19.4. The van der Waals surface area contributed by atoms with Crippen LogP contribution in [0.1, 0.15) is 32.1 Å². The van der Waals surface area contributed by atoms with Gasteiger partial charge in [0, 0.05) is 6.61 Å². The minimum absolute atomic E-state index is 0.308. The van der Waals surface area contributed by atoms with Gasteiger partial charge in [0.25, 0.3) is 0 Å². The van der Waals surface area contributed by atoms with Crippen molar-refractivity contribution in [2.75, 3.05) is 6.61 Å². The van der Waals surface area contributed by atoms with Crippen LogP contribution in [0.4, 0.5) is 13.2 Å². The smallest absolute Gasteiger partial charge is 0.383 e. The van der Waals surface area contributed by atoms with Crippen molar-refractivity contribution in [1.29, 1.82) is 0 Å². The average molecular weight is 224 g/mol. The second-order valence-electron chi connectivity index (χ2n) is 4.62. The van der Waals surface area contributed by atoms with Gasteiger partial charge in [0.1, 0.15) is 0 Å². The molecule has 0 radical (unpaired) electrons. The molecule has 0 aromatic carbocycles. The maximum Gasteiger partial charge on any atom is 0.414 e. The number of hydrogen-bond acceptors (Lipinski definition) is 2. The van der Waals surface area contributed by atoms with Gasteiger partial charge in [0.05, 0.1) is 5.60 Å². The average Bonchev–Trinajstić information content (AvgIpc) is 2.13. The Morgan fingerprint density at radius 1 is 1.33 bits per heavy atom. The monoisotopic (exact) mass is 224 g/mol. The third-order valence-corrected chi connectivity index (χ3v) is 3.58. The lowest BCUT2D eigenvalue weighted by Gasteiger charge is -2.48. The molecule has 0 aromatic rings. The molecular formula is C10H15F3O2. The largest absolute Gasteiger partial charge is 0.414 e. The van der Waals surface area contributed by atoms with E-state index in [9.17, 15) is 18.3 Å². The Kier molecular flexibility index (Phi) is 2.71. The molecule has 1 unspecified atom stereocenters. The summed E-state index contributed by atoms with van der Waals surface area (Å²) in [5.74, 6) is -0.681. The standard InChI is InChI=1S/C10H15F3O2/c11-10(12,13)8(14)7-2-5-15-9(6-7)3-1-4-9/h7-8,14H,1-6H2/t7?,8-/m0/s1. The highest BCUT2D eigenvalue weighted by Crippen LogP contribution is 2.46. The van der Waals surface area contributed by atoms with Crippen molar-refractivity contribution in [3.63, 3.8) is 0 Å². The SMILES string of the molecule is O[C@@H](C1CCOC2(CCC2)C1)C(F)(F)F. The van der Waals surface area contributed by atoms with Gasteiger partial charge in [-0.15, -0.1) is 0 Å². The minimum Gasteiger partial charge on any atom is -0.383 e. The van der Waals surface area contributed by atoms with Crippen molar-refractivity contribution >= 4 is 0 Å². The van der Waals surface area contributed by atoms with Gasteiger partial charge in [-0.05, 0) is 38.0 Å². The van der Waals surface area contributed by atoms with Gasteiger partial charge in [-0.3, -0.25) is 0 Å². The summed E-state index contributed by atoms with van der Waals surface area (Å²) in [5.41, 5.74) is -0.338. The normalized spacial score (nSPS) is 32.4. The fourth-order valence-corrected chi connectivity index (χ4v) is 2.52. The second-order valence-corrected chi connectivity index (χ2v) is 4.62. The molecule has 1 aliphatic heterocycles. The summed E-state index contributed by atoms with van der Waals surface area (Å²) in [6, 6.07) is 0. The van der Waals surface area contributed by atoms with Gasteiger partial charge < -0.3 is 9.84 Å². The summed E-state index contributed by atoms with van der Waals surface area (Å²) in [6.07, 6.45) is -3.31. The number of halogens is 3. The van der Waals surface area contributed by atoms with Gasteiger partial charge in [0.2, 0.25) is 0 Å². The molecule has 1 aliphatic carbocycles. The van der Waals surface area contributed by atoms with Crippen molar-refractivity contribution in [3.8, 4) is 0 Å². The molecule has 2 aliphatic rings. The molecule has 1 N–H and O–H groups in total. The van der Waals surface area contributed by atoms with Crippen LogP contribution in [0.3, 0.4) is 0 Å². The first kappa shape index (κ1) is 11.2. The van der Waals surface area contributed by atoms with E-state index in [0.717, 1.165) is 19.3 Å². The van der Waals surface area contributed by atoms with Crippen LogP contribution in [-0.4, -0.2) is 29.6 Å². The third kappa shape index (κ3) is 2.13. The Balaban J connectivity index is 1.98. The van der Waals surface area contributed by atoms with Crippen LogP contribution in [0, 0.1) is 5.92 Å². The number of aliphatic hydroxyl groups is 1. The Morgan fingerprint density at radius 3 is 2.47 bits per heavy atom. The molecular weight excluding hydrogens is 209 g/mol. The molecule has 15 heavy (non-hydrogen) atoms. The van der Waals surface area contributed by atoms with E-state index >= 15 is 0 Å². The molecule has 88 valence electrons. The molecule has 2 fully saturated rings. The quantitative estimate of drug-likeness (QED) is 0.740. The summed E-state index contributed by atoms with van der Waals surface area (Å²) in [5, 5.41) is 9.18. The molecule has 2 nitrogen and oxygen atoms in total. The van der Waals surface area contributed by atoms with Crippen LogP contribution in [0.5, 0.6) is 0 Å². The second kappa shape index (κ2) is 3.63. The summed E-state index contributed by atoms with van der Waals surface area (Å²) in [7, 11) is 0. The number of aliphatic hydroxyl groups excluding tert-OH is 1. The molecule has 0 bridgehead atoms. The van der Waals surface area contributed by atoms with E-state index in [1.54, 1.807) is 0 Å². The maximum atomic E-state index is 12.3. The fraction of sp³-hybridized carbons (Fsp3) is 1.00. The van der Waals surface area contributed by atoms with Crippen molar-refractivity contribution in [1.82, 2.24) is 0 Å². The maximum absolute atomic E-state index is 12.3. The molecule has 2 atom stereocenters. The van der Waals surface area contributed by atoms with Crippen LogP contribution in [0.15, 0.2) is 0 Å². The highest BCUT2D eigenvalue weighted by molar-refractivity contribution is 4.96. The van der Waals surface area contributed by atoms with Crippen molar-refractivity contribution < 1.29 is 23.0 Å². The Hall–Kier alpha value is -0.290. The number of hydrogen-bond donors (Lipinski definition) is 1. The minimum atomic E-state index is -4.49. The predicted molar refractivity (Wildman–Crippen MR) is 47.3 cm³/mol. The molecule has 2 rings (SSSR count). The summed E-state index contributed by atoms with van der Waals surface area (Å²) >= 11 is 0. The van der Waals surface area contributed by atoms with Crippen LogP contribution in [0.25, 0.3) is 0 Å². The Bertz CT molecular complexity index is 235. The third-order valence-electron chi connectivity index (χ3n) is 3.58. The van der Waals surface area contributed by atoms with Gasteiger partial charge >= 0.3 is 6.18 Å². The van der Waals surface area contributed by atoms with Gasteiger partial charge in [-0.1, -0.05) is 0 Å². The summed E-state index contributed by atoms with van der Waals surface area (Å²) in [6.45, 7) is 0.345. The molecule has 0 aromatic heterocycles. The number of alkyl halides is 3. The lowest BCUT2D eigenvalue weighted by Crippen LogP contribution is -2.50. The van der Waals surface area contributed by atoms with E-state index in [4.69, 9.17) is 4.74 Å². The van der Waals surface area contributed by atoms with Crippen LogP contribution in [0.2, 0.25) is 0 Å². The van der Waals surface area contributed by atoms with Gasteiger partial charge in [-0.2, -0.15) is 13.2 Å². The first-order valence-corrected chi connectivity index (χ1v) is 5.32. The van der Waals surface area contributed by atoms with E-state index < -0.39 is 18.2 Å². The van der Waals surface area contributed by atoms with Gasteiger partial charge in [-0.25, -0.2) is 0 Å². The topological polar surface area (TPSA) is 29.5 Å². The zero-order valence-corrected chi connectivity index (χ0v) is 8.39. The Labute approximate surface area is 86.4 Å². The summed E-state index contributed by atoms with van der Waals surface area (Å²) < 4.78 is 42.5. The molecule has 1 heterocycles. The zero-order chi connectivity index (χ0) is 11.1. The van der Waals surface area contributed by atoms with E-state index in [1.807, 2.05) is 0 Å². The van der Waals surface area contributed by atoms with Crippen LogP contribution < -0.4 is 0 Å². The first-order chi connectivity index (χ1) is 6.93. The molecule has 0 amide bonds. The zero-order valence-electron chi connectivity index (χ0n) is 8.39. The first-order valence-electron chi connectivity index (χ1n) is 5.32. The van der Waals surface area contributed by atoms with E-state index in [2.05, 4.69) is 0 Å². The molecule has 5 heteroatoms. The summed E-state index contributed by atoms with van der Waals surface area (Å²) in [4.78, 5) is 0. The van der Waals surface area contributed by atoms with E-state index in [1.165, 1.54) is 0 Å².